The average molecular weight is 254 g/mol. The fraction of sp³-hybridized carbons (Fsp3) is 0.929. The fourth-order valence-electron chi connectivity index (χ4n) is 3.19. The van der Waals surface area contributed by atoms with Crippen molar-refractivity contribution in [3.63, 3.8) is 0 Å². The molecule has 1 saturated heterocycles. The minimum atomic E-state index is 0.0585. The number of nitrogens with one attached hydrogen (secondary N) is 2. The molecule has 104 valence electrons. The van der Waals surface area contributed by atoms with Crippen LogP contribution in [0, 0.1) is 11.3 Å². The van der Waals surface area contributed by atoms with Crippen molar-refractivity contribution in [3.05, 3.63) is 0 Å². The van der Waals surface area contributed by atoms with E-state index in [1.165, 1.54) is 0 Å². The van der Waals surface area contributed by atoms with Gasteiger partial charge >= 0.3 is 0 Å². The number of rotatable bonds is 3. The quantitative estimate of drug-likeness (QED) is 0.798. The summed E-state index contributed by atoms with van der Waals surface area (Å²) in [4.78, 5) is 12.2. The normalized spacial score (nSPS) is 38.9. The summed E-state index contributed by atoms with van der Waals surface area (Å²) in [5.41, 5.74) is 0.0585. The second-order valence-corrected chi connectivity index (χ2v) is 6.42. The number of ether oxygens (including phenoxy) is 1. The minimum absolute atomic E-state index is 0.0585. The Bertz CT molecular complexity index is 317. The van der Waals surface area contributed by atoms with E-state index >= 15 is 0 Å². The maximum absolute atomic E-state index is 12.2. The third-order valence-corrected chi connectivity index (χ3v) is 4.77. The number of carbonyl (C=O) groups is 1. The highest BCUT2D eigenvalue weighted by molar-refractivity contribution is 5.79. The van der Waals surface area contributed by atoms with Gasteiger partial charge in [0.05, 0.1) is 6.10 Å². The molecule has 4 nitrogen and oxygen atoms in total. The maximum Gasteiger partial charge on any atom is 0.223 e. The van der Waals surface area contributed by atoms with Crippen molar-refractivity contribution in [1.29, 1.82) is 0 Å². The van der Waals surface area contributed by atoms with E-state index in [0.29, 0.717) is 6.04 Å². The zero-order valence-corrected chi connectivity index (χ0v) is 12.0. The highest BCUT2D eigenvalue weighted by Gasteiger charge is 2.49. The summed E-state index contributed by atoms with van der Waals surface area (Å²) in [6.45, 7) is 7.43. The Labute approximate surface area is 110 Å². The van der Waals surface area contributed by atoms with Gasteiger partial charge in [-0.1, -0.05) is 13.8 Å². The van der Waals surface area contributed by atoms with Gasteiger partial charge < -0.3 is 15.4 Å². The highest BCUT2D eigenvalue weighted by atomic mass is 16.5. The molecule has 0 aromatic rings. The van der Waals surface area contributed by atoms with E-state index in [1.807, 2.05) is 0 Å². The number of methoxy groups -OCH3 is 1. The second-order valence-electron chi connectivity index (χ2n) is 6.42. The molecule has 18 heavy (non-hydrogen) atoms. The van der Waals surface area contributed by atoms with Crippen molar-refractivity contribution >= 4 is 5.91 Å². The lowest BCUT2D eigenvalue weighted by Gasteiger charge is -2.51. The van der Waals surface area contributed by atoms with E-state index in [9.17, 15) is 4.79 Å². The zero-order chi connectivity index (χ0) is 13.3. The summed E-state index contributed by atoms with van der Waals surface area (Å²) < 4.78 is 5.41. The molecule has 0 bridgehead atoms. The summed E-state index contributed by atoms with van der Waals surface area (Å²) in [5, 5.41) is 6.60. The molecule has 1 aliphatic heterocycles. The lowest BCUT2D eigenvalue weighted by Crippen LogP contribution is -2.62. The molecular weight excluding hydrogens is 228 g/mol. The van der Waals surface area contributed by atoms with Crippen LogP contribution in [0.15, 0.2) is 0 Å². The number of hydrogen-bond donors (Lipinski definition) is 2. The van der Waals surface area contributed by atoms with Gasteiger partial charge in [0, 0.05) is 30.5 Å². The van der Waals surface area contributed by atoms with Gasteiger partial charge in [-0.2, -0.15) is 0 Å². The van der Waals surface area contributed by atoms with Gasteiger partial charge in [-0.25, -0.2) is 0 Å². The van der Waals surface area contributed by atoms with Gasteiger partial charge in [0.2, 0.25) is 5.91 Å². The first kappa shape index (κ1) is 13.8. The summed E-state index contributed by atoms with van der Waals surface area (Å²) in [6, 6.07) is 0.718. The molecule has 4 heteroatoms. The second kappa shape index (κ2) is 5.17. The number of piperidine rings is 1. The zero-order valence-electron chi connectivity index (χ0n) is 12.0. The Morgan fingerprint density at radius 2 is 2.11 bits per heavy atom. The molecule has 0 radical (unpaired) electrons. The van der Waals surface area contributed by atoms with Gasteiger partial charge in [-0.05, 0) is 32.7 Å². The molecule has 2 aliphatic rings. The van der Waals surface area contributed by atoms with E-state index in [2.05, 4.69) is 31.4 Å². The Morgan fingerprint density at radius 1 is 1.39 bits per heavy atom. The standard InChI is InChI=1S/C14H26N2O2/c1-9-7-10(5-6-15-9)13(17)16-11-8-12(18-4)14(11,2)3/h9-12,15H,5-8H2,1-4H3,(H,16,17). The van der Waals surface area contributed by atoms with Gasteiger partial charge in [0.1, 0.15) is 0 Å². The Balaban J connectivity index is 1.85. The van der Waals surface area contributed by atoms with Gasteiger partial charge in [0.15, 0.2) is 0 Å². The Hall–Kier alpha value is -0.610. The van der Waals surface area contributed by atoms with Crippen LogP contribution in [0.1, 0.15) is 40.0 Å². The van der Waals surface area contributed by atoms with Crippen molar-refractivity contribution < 1.29 is 9.53 Å². The lowest BCUT2D eigenvalue weighted by molar-refractivity contribution is -0.137. The summed E-state index contributed by atoms with van der Waals surface area (Å²) in [7, 11) is 1.75. The molecule has 2 rings (SSSR count). The van der Waals surface area contributed by atoms with Crippen molar-refractivity contribution in [1.82, 2.24) is 10.6 Å². The topological polar surface area (TPSA) is 50.4 Å². The molecule has 2 N–H and O–H groups in total. The van der Waals surface area contributed by atoms with Crippen LogP contribution in [0.3, 0.4) is 0 Å². The van der Waals surface area contributed by atoms with Crippen LogP contribution in [0.2, 0.25) is 0 Å². The Kier molecular flexibility index (Phi) is 3.97. The number of carbonyl (C=O) groups excluding carboxylic acids is 1. The highest BCUT2D eigenvalue weighted by Crippen LogP contribution is 2.42. The molecule has 0 spiro atoms. The number of amides is 1. The van der Waals surface area contributed by atoms with Crippen LogP contribution >= 0.6 is 0 Å². The van der Waals surface area contributed by atoms with Crippen LogP contribution in [0.5, 0.6) is 0 Å². The molecule has 4 unspecified atom stereocenters. The third-order valence-electron chi connectivity index (χ3n) is 4.77. The van der Waals surface area contributed by atoms with E-state index in [0.717, 1.165) is 25.8 Å². The van der Waals surface area contributed by atoms with Gasteiger partial charge in [-0.3, -0.25) is 4.79 Å². The van der Waals surface area contributed by atoms with Crippen LogP contribution in [-0.2, 0) is 9.53 Å². The van der Waals surface area contributed by atoms with Crippen LogP contribution in [0.25, 0.3) is 0 Å². The predicted octanol–water partition coefficient (Wildman–Crippen LogP) is 1.30. The SMILES string of the molecule is COC1CC(NC(=O)C2CCNC(C)C2)C1(C)C. The van der Waals surface area contributed by atoms with E-state index in [-0.39, 0.29) is 29.4 Å². The van der Waals surface area contributed by atoms with Gasteiger partial charge in [0.25, 0.3) is 0 Å². The summed E-state index contributed by atoms with van der Waals surface area (Å²) in [5.74, 6) is 0.412. The first-order valence-corrected chi connectivity index (χ1v) is 7.01. The summed E-state index contributed by atoms with van der Waals surface area (Å²) in [6.07, 6.45) is 3.12. The first-order chi connectivity index (χ1) is 8.45. The molecule has 1 aliphatic carbocycles. The molecular formula is C14H26N2O2. The first-order valence-electron chi connectivity index (χ1n) is 7.01. The molecule has 2 fully saturated rings. The van der Waals surface area contributed by atoms with Crippen LogP contribution < -0.4 is 10.6 Å². The van der Waals surface area contributed by atoms with E-state index < -0.39 is 0 Å². The van der Waals surface area contributed by atoms with Crippen LogP contribution in [-0.4, -0.2) is 37.7 Å². The van der Waals surface area contributed by atoms with E-state index in [4.69, 9.17) is 4.74 Å². The lowest BCUT2D eigenvalue weighted by atomic mass is 9.64. The fourth-order valence-corrected chi connectivity index (χ4v) is 3.19. The molecule has 0 aromatic heterocycles. The predicted molar refractivity (Wildman–Crippen MR) is 71.3 cm³/mol. The summed E-state index contributed by atoms with van der Waals surface area (Å²) >= 11 is 0. The maximum atomic E-state index is 12.2. The van der Waals surface area contributed by atoms with Crippen LogP contribution in [0.4, 0.5) is 0 Å². The van der Waals surface area contributed by atoms with Crippen molar-refractivity contribution in [2.24, 2.45) is 11.3 Å². The van der Waals surface area contributed by atoms with Crippen molar-refractivity contribution in [2.75, 3.05) is 13.7 Å². The molecule has 1 saturated carbocycles. The monoisotopic (exact) mass is 254 g/mol. The average Bonchev–Trinajstić information content (AvgIpc) is 2.33. The smallest absolute Gasteiger partial charge is 0.223 e. The van der Waals surface area contributed by atoms with Gasteiger partial charge in [-0.15, -0.1) is 0 Å². The largest absolute Gasteiger partial charge is 0.381 e. The van der Waals surface area contributed by atoms with Crippen molar-refractivity contribution in [2.45, 2.75) is 58.2 Å². The third kappa shape index (κ3) is 2.54. The minimum Gasteiger partial charge on any atom is -0.381 e. The molecule has 1 heterocycles. The number of hydrogen-bond acceptors (Lipinski definition) is 3. The molecule has 0 aromatic carbocycles. The molecule has 4 atom stereocenters. The van der Waals surface area contributed by atoms with E-state index in [1.54, 1.807) is 7.11 Å². The van der Waals surface area contributed by atoms with Crippen molar-refractivity contribution in [3.8, 4) is 0 Å². The molecule has 1 amide bonds. The Morgan fingerprint density at radius 3 is 2.67 bits per heavy atom.